The first-order valence-corrected chi connectivity index (χ1v) is 12.5. The van der Waals surface area contributed by atoms with E-state index in [9.17, 15) is 14.4 Å². The predicted octanol–water partition coefficient (Wildman–Crippen LogP) is 3.02. The van der Waals surface area contributed by atoms with Crippen molar-refractivity contribution in [1.29, 1.82) is 0 Å². The topological polar surface area (TPSA) is 88.1 Å². The number of rotatable bonds is 3. The van der Waals surface area contributed by atoms with Crippen molar-refractivity contribution >= 4 is 17.7 Å². The second kappa shape index (κ2) is 7.03. The number of methoxy groups -OCH3 is 1. The minimum absolute atomic E-state index is 0.0488. The molecule has 7 nitrogen and oxygen atoms in total. The molecule has 0 aromatic carbocycles. The highest BCUT2D eigenvalue weighted by Crippen LogP contribution is 2.71. The van der Waals surface area contributed by atoms with Crippen LogP contribution >= 0.6 is 0 Å². The summed E-state index contributed by atoms with van der Waals surface area (Å²) >= 11 is 0. The first kappa shape index (κ1) is 22.5. The van der Waals surface area contributed by atoms with Gasteiger partial charge in [0.05, 0.1) is 31.7 Å². The zero-order chi connectivity index (χ0) is 24.2. The average molecular weight is 471 g/mol. The molecule has 3 saturated heterocycles. The Morgan fingerprint density at radius 1 is 1.21 bits per heavy atom. The third kappa shape index (κ3) is 2.48. The summed E-state index contributed by atoms with van der Waals surface area (Å²) in [6.07, 6.45) is 4.21. The lowest BCUT2D eigenvalue weighted by Crippen LogP contribution is -2.66. The number of carbonyl (C=O) groups excluding carboxylic acids is 3. The van der Waals surface area contributed by atoms with Crippen molar-refractivity contribution in [2.75, 3.05) is 20.3 Å². The Balaban J connectivity index is 1.54. The van der Waals surface area contributed by atoms with Crippen molar-refractivity contribution in [3.63, 3.8) is 0 Å². The minimum Gasteiger partial charge on any atom is -0.469 e. The molecule has 3 aliphatic carbocycles. The van der Waals surface area contributed by atoms with Gasteiger partial charge >= 0.3 is 11.9 Å². The molecule has 6 rings (SSSR count). The lowest BCUT2D eigenvalue weighted by Gasteiger charge is -2.59. The van der Waals surface area contributed by atoms with Gasteiger partial charge in [0.2, 0.25) is 0 Å². The lowest BCUT2D eigenvalue weighted by molar-refractivity contribution is -0.190. The molecular formula is C27H34O7. The molecule has 0 spiro atoms. The maximum Gasteiger partial charge on any atom is 0.316 e. The minimum atomic E-state index is -0.958. The molecule has 7 heteroatoms. The molecule has 4 fully saturated rings. The smallest absolute Gasteiger partial charge is 0.316 e. The summed E-state index contributed by atoms with van der Waals surface area (Å²) in [7, 11) is 1.38. The summed E-state index contributed by atoms with van der Waals surface area (Å²) in [4.78, 5) is 39.7. The molecule has 34 heavy (non-hydrogen) atoms. The lowest BCUT2D eigenvalue weighted by atomic mass is 9.42. The zero-order valence-corrected chi connectivity index (χ0v) is 20.6. The number of ether oxygens (including phenoxy) is 4. The van der Waals surface area contributed by atoms with Crippen LogP contribution in [0.4, 0.5) is 0 Å². The highest BCUT2D eigenvalue weighted by Gasteiger charge is 2.77. The van der Waals surface area contributed by atoms with E-state index in [1.807, 2.05) is 13.8 Å². The Bertz CT molecular complexity index is 1040. The maximum absolute atomic E-state index is 13.7. The van der Waals surface area contributed by atoms with Gasteiger partial charge in [-0.3, -0.25) is 14.4 Å². The third-order valence-electron chi connectivity index (χ3n) is 10.5. The fourth-order valence-electron chi connectivity index (χ4n) is 8.99. The Kier molecular flexibility index (Phi) is 4.65. The molecule has 0 aromatic rings. The Morgan fingerprint density at radius 2 is 1.97 bits per heavy atom. The zero-order valence-electron chi connectivity index (χ0n) is 20.6. The summed E-state index contributed by atoms with van der Waals surface area (Å²) in [5.41, 5.74) is -0.000407. The van der Waals surface area contributed by atoms with E-state index >= 15 is 0 Å². The van der Waals surface area contributed by atoms with E-state index in [1.165, 1.54) is 24.3 Å². The summed E-state index contributed by atoms with van der Waals surface area (Å²) in [6.45, 7) is 9.66. The van der Waals surface area contributed by atoms with Crippen LogP contribution in [0, 0.1) is 39.9 Å². The summed E-state index contributed by atoms with van der Waals surface area (Å²) in [6, 6.07) is 0. The highest BCUT2D eigenvalue weighted by atomic mass is 16.6. The number of fused-ring (bicyclic) bond motifs is 4. The van der Waals surface area contributed by atoms with Crippen molar-refractivity contribution in [3.05, 3.63) is 23.3 Å². The van der Waals surface area contributed by atoms with Crippen molar-refractivity contribution in [2.24, 2.45) is 39.9 Å². The van der Waals surface area contributed by atoms with Gasteiger partial charge in [-0.2, -0.15) is 0 Å². The van der Waals surface area contributed by atoms with Gasteiger partial charge in [-0.05, 0) is 56.1 Å². The van der Waals surface area contributed by atoms with E-state index in [1.54, 1.807) is 6.08 Å². The van der Waals surface area contributed by atoms with E-state index in [4.69, 9.17) is 18.9 Å². The average Bonchev–Trinajstić information content (AvgIpc) is 3.54. The van der Waals surface area contributed by atoms with Gasteiger partial charge in [0.15, 0.2) is 5.78 Å². The normalized spacial score (nSPS) is 50.8. The number of ketones is 1. The van der Waals surface area contributed by atoms with Gasteiger partial charge in [0, 0.05) is 23.4 Å². The molecule has 3 aliphatic heterocycles. The monoisotopic (exact) mass is 470 g/mol. The Hall–Kier alpha value is -1.99. The van der Waals surface area contributed by atoms with E-state index in [0.717, 1.165) is 26.1 Å². The number of hydrogen-bond donors (Lipinski definition) is 0. The fraction of sp³-hybridized carbons (Fsp3) is 0.741. The second-order valence-corrected chi connectivity index (χ2v) is 11.8. The first-order chi connectivity index (χ1) is 16.1. The fourth-order valence-corrected chi connectivity index (χ4v) is 8.99. The summed E-state index contributed by atoms with van der Waals surface area (Å²) in [5, 5.41) is 0. The van der Waals surface area contributed by atoms with Crippen molar-refractivity contribution in [1.82, 2.24) is 0 Å². The Labute approximate surface area is 200 Å². The summed E-state index contributed by atoms with van der Waals surface area (Å²) < 4.78 is 23.7. The highest BCUT2D eigenvalue weighted by molar-refractivity contribution is 6.00. The molecule has 3 heterocycles. The molecule has 184 valence electrons. The van der Waals surface area contributed by atoms with Gasteiger partial charge in [-0.1, -0.05) is 25.5 Å². The molecule has 3 unspecified atom stereocenters. The SMILES string of the molecule is COC(=O)CC1[C@@]2(C)C(=O)C=C[C@@]3(C)C(=O)O[C@H](C23)[C@H]2O[C@H]3C[C@@H](C4CCOC4)C(C)=C3[C@@]12C. The number of hydrogen-bond acceptors (Lipinski definition) is 7. The van der Waals surface area contributed by atoms with Crippen LogP contribution in [-0.2, 0) is 33.3 Å². The van der Waals surface area contributed by atoms with Crippen LogP contribution in [0.5, 0.6) is 0 Å². The van der Waals surface area contributed by atoms with Gasteiger partial charge in [-0.25, -0.2) is 0 Å². The third-order valence-corrected chi connectivity index (χ3v) is 10.5. The van der Waals surface area contributed by atoms with Gasteiger partial charge in [0.25, 0.3) is 0 Å². The van der Waals surface area contributed by atoms with Gasteiger partial charge in [0.1, 0.15) is 12.2 Å². The molecule has 0 aromatic heterocycles. The molecule has 1 saturated carbocycles. The largest absolute Gasteiger partial charge is 0.469 e. The molecule has 0 N–H and O–H groups in total. The van der Waals surface area contributed by atoms with E-state index in [2.05, 4.69) is 13.8 Å². The van der Waals surface area contributed by atoms with Crippen LogP contribution < -0.4 is 0 Å². The van der Waals surface area contributed by atoms with Crippen LogP contribution in [0.2, 0.25) is 0 Å². The van der Waals surface area contributed by atoms with Crippen LogP contribution in [0.3, 0.4) is 0 Å². The van der Waals surface area contributed by atoms with Crippen LogP contribution in [0.1, 0.15) is 47.0 Å². The Morgan fingerprint density at radius 3 is 2.65 bits per heavy atom. The van der Waals surface area contributed by atoms with Crippen molar-refractivity contribution < 1.29 is 33.3 Å². The van der Waals surface area contributed by atoms with E-state index in [0.29, 0.717) is 11.8 Å². The number of esters is 2. The summed E-state index contributed by atoms with van der Waals surface area (Å²) in [5.74, 6) is -0.655. The molecule has 0 radical (unpaired) electrons. The number of carbonyl (C=O) groups is 3. The quantitative estimate of drug-likeness (QED) is 0.463. The van der Waals surface area contributed by atoms with Crippen LogP contribution in [0.15, 0.2) is 23.3 Å². The van der Waals surface area contributed by atoms with Crippen molar-refractivity contribution in [2.45, 2.75) is 65.3 Å². The van der Waals surface area contributed by atoms with Crippen LogP contribution in [-0.4, -0.2) is 56.4 Å². The molecule has 10 atom stereocenters. The molecule has 0 amide bonds. The molecule has 0 bridgehead atoms. The maximum atomic E-state index is 13.7. The second-order valence-electron chi connectivity index (χ2n) is 11.8. The predicted molar refractivity (Wildman–Crippen MR) is 120 cm³/mol. The van der Waals surface area contributed by atoms with E-state index in [-0.39, 0.29) is 36.2 Å². The van der Waals surface area contributed by atoms with E-state index < -0.39 is 34.4 Å². The van der Waals surface area contributed by atoms with Crippen molar-refractivity contribution in [3.8, 4) is 0 Å². The van der Waals surface area contributed by atoms with Gasteiger partial charge in [-0.15, -0.1) is 0 Å². The first-order valence-electron chi connectivity index (χ1n) is 12.5. The van der Waals surface area contributed by atoms with Gasteiger partial charge < -0.3 is 18.9 Å². The van der Waals surface area contributed by atoms with Crippen LogP contribution in [0.25, 0.3) is 0 Å². The number of allylic oxidation sites excluding steroid dienone is 2. The standard InChI is InChI=1S/C27H34O7/c1-13-15(14-7-9-32-12-14)10-16-20(13)27(4)17(11-19(29)31-5)26(3)18(28)6-8-25(2)22(26)21(23(27)33-16)34-24(25)30/h6,8,14-17,21-23H,7,9-12H2,1-5H3/t14?,15-,16+,17?,21-,22?,23-,25-,26+,27-/m1/s1. The molecule has 6 aliphatic rings. The molecular weight excluding hydrogens is 436 g/mol.